The Balaban J connectivity index is 1.82. The zero-order chi connectivity index (χ0) is 23.1. The lowest BCUT2D eigenvalue weighted by molar-refractivity contribution is -0.119. The standard InChI is InChI=1S/C30H30N2O/c1-3-32(4-2)28-22-20-27(21-23-28)31-29(33)30(24-14-8-5-9-15-24,25-16-10-6-11-17-25)26-18-12-7-13-19-26/h5-23H,3-4H2,1-2H3,(H,31,33). The third kappa shape index (κ3) is 4.40. The van der Waals surface area contributed by atoms with Crippen molar-refractivity contribution in [2.75, 3.05) is 23.3 Å². The Labute approximate surface area is 196 Å². The molecule has 0 fully saturated rings. The molecule has 0 aliphatic carbocycles. The van der Waals surface area contributed by atoms with Crippen LogP contribution < -0.4 is 10.2 Å². The van der Waals surface area contributed by atoms with E-state index in [0.29, 0.717) is 0 Å². The first-order valence-electron chi connectivity index (χ1n) is 11.5. The van der Waals surface area contributed by atoms with E-state index in [-0.39, 0.29) is 5.91 Å². The third-order valence-electron chi connectivity index (χ3n) is 6.21. The molecule has 1 N–H and O–H groups in total. The minimum atomic E-state index is -0.985. The van der Waals surface area contributed by atoms with Crippen LogP contribution in [0.3, 0.4) is 0 Å². The molecule has 1 amide bonds. The second-order valence-corrected chi connectivity index (χ2v) is 8.02. The molecule has 0 spiro atoms. The highest BCUT2D eigenvalue weighted by molar-refractivity contribution is 6.04. The Morgan fingerprint density at radius 1 is 0.636 bits per heavy atom. The number of carbonyl (C=O) groups excluding carboxylic acids is 1. The predicted octanol–water partition coefficient (Wildman–Crippen LogP) is 6.51. The van der Waals surface area contributed by atoms with Crippen LogP contribution in [0.5, 0.6) is 0 Å². The van der Waals surface area contributed by atoms with Gasteiger partial charge in [0.05, 0.1) is 0 Å². The van der Waals surface area contributed by atoms with Gasteiger partial charge in [-0.25, -0.2) is 0 Å². The summed E-state index contributed by atoms with van der Waals surface area (Å²) in [6.45, 7) is 6.18. The van der Waals surface area contributed by atoms with E-state index in [9.17, 15) is 4.79 Å². The number of amides is 1. The molecule has 3 nitrogen and oxygen atoms in total. The molecule has 0 radical (unpaired) electrons. The normalized spacial score (nSPS) is 11.1. The van der Waals surface area contributed by atoms with E-state index in [4.69, 9.17) is 0 Å². The van der Waals surface area contributed by atoms with Crippen LogP contribution in [0.15, 0.2) is 115 Å². The van der Waals surface area contributed by atoms with E-state index in [1.165, 1.54) is 0 Å². The average Bonchev–Trinajstić information content (AvgIpc) is 2.88. The Morgan fingerprint density at radius 3 is 1.39 bits per heavy atom. The first-order valence-corrected chi connectivity index (χ1v) is 11.5. The minimum Gasteiger partial charge on any atom is -0.372 e. The number of anilines is 2. The first kappa shape index (κ1) is 22.3. The molecule has 33 heavy (non-hydrogen) atoms. The van der Waals surface area contributed by atoms with Crippen LogP contribution in [0.25, 0.3) is 0 Å². The number of nitrogens with zero attached hydrogens (tertiary/aromatic N) is 1. The van der Waals surface area contributed by atoms with Crippen molar-refractivity contribution in [1.82, 2.24) is 0 Å². The van der Waals surface area contributed by atoms with Crippen LogP contribution in [0.1, 0.15) is 30.5 Å². The molecule has 0 heterocycles. The molecule has 0 aliphatic heterocycles. The monoisotopic (exact) mass is 434 g/mol. The lowest BCUT2D eigenvalue weighted by Gasteiger charge is -2.34. The Bertz CT molecular complexity index is 1060. The molecule has 0 saturated heterocycles. The van der Waals surface area contributed by atoms with Crippen molar-refractivity contribution in [3.63, 3.8) is 0 Å². The van der Waals surface area contributed by atoms with Crippen LogP contribution in [-0.4, -0.2) is 19.0 Å². The maximum Gasteiger partial charge on any atom is 0.244 e. The van der Waals surface area contributed by atoms with Gasteiger partial charge in [-0.15, -0.1) is 0 Å². The quantitative estimate of drug-likeness (QED) is 0.321. The van der Waals surface area contributed by atoms with Crippen molar-refractivity contribution in [3.05, 3.63) is 132 Å². The Morgan fingerprint density at radius 2 is 1.03 bits per heavy atom. The smallest absolute Gasteiger partial charge is 0.244 e. The van der Waals surface area contributed by atoms with E-state index >= 15 is 0 Å². The fourth-order valence-electron chi connectivity index (χ4n) is 4.53. The predicted molar refractivity (Wildman–Crippen MR) is 138 cm³/mol. The summed E-state index contributed by atoms with van der Waals surface area (Å²) < 4.78 is 0. The van der Waals surface area contributed by atoms with Gasteiger partial charge in [-0.1, -0.05) is 91.0 Å². The summed E-state index contributed by atoms with van der Waals surface area (Å²) in [4.78, 5) is 16.5. The summed E-state index contributed by atoms with van der Waals surface area (Å²) >= 11 is 0. The molecule has 4 rings (SSSR count). The average molecular weight is 435 g/mol. The lowest BCUT2D eigenvalue weighted by Crippen LogP contribution is -2.42. The van der Waals surface area contributed by atoms with Gasteiger partial charge < -0.3 is 10.2 Å². The Hall–Kier alpha value is -3.85. The van der Waals surface area contributed by atoms with Crippen molar-refractivity contribution in [2.45, 2.75) is 19.3 Å². The summed E-state index contributed by atoms with van der Waals surface area (Å²) in [5.41, 5.74) is 3.74. The van der Waals surface area contributed by atoms with E-state index in [1.54, 1.807) is 0 Å². The van der Waals surface area contributed by atoms with Gasteiger partial charge in [0.15, 0.2) is 0 Å². The number of benzene rings is 4. The molecule has 0 bridgehead atoms. The summed E-state index contributed by atoms with van der Waals surface area (Å²) in [5, 5.41) is 3.22. The number of hydrogen-bond donors (Lipinski definition) is 1. The SMILES string of the molecule is CCN(CC)c1ccc(NC(=O)C(c2ccccc2)(c2ccccc2)c2ccccc2)cc1. The molecule has 3 heteroatoms. The van der Waals surface area contributed by atoms with Gasteiger partial charge in [0.1, 0.15) is 5.41 Å². The fourth-order valence-corrected chi connectivity index (χ4v) is 4.53. The highest BCUT2D eigenvalue weighted by atomic mass is 16.2. The second-order valence-electron chi connectivity index (χ2n) is 8.02. The van der Waals surface area contributed by atoms with Crippen molar-refractivity contribution in [2.24, 2.45) is 0 Å². The van der Waals surface area contributed by atoms with Crippen LogP contribution in [0.2, 0.25) is 0 Å². The van der Waals surface area contributed by atoms with Crippen LogP contribution in [0, 0.1) is 0 Å². The lowest BCUT2D eigenvalue weighted by atomic mass is 9.68. The van der Waals surface area contributed by atoms with Crippen molar-refractivity contribution >= 4 is 17.3 Å². The van der Waals surface area contributed by atoms with Crippen LogP contribution in [-0.2, 0) is 10.2 Å². The maximum absolute atomic E-state index is 14.2. The molecule has 4 aromatic carbocycles. The summed E-state index contributed by atoms with van der Waals surface area (Å²) in [7, 11) is 0. The topological polar surface area (TPSA) is 32.3 Å². The second kappa shape index (κ2) is 10.2. The fraction of sp³-hybridized carbons (Fsp3) is 0.167. The van der Waals surface area contributed by atoms with Gasteiger partial charge in [0.25, 0.3) is 0 Å². The van der Waals surface area contributed by atoms with E-state index in [0.717, 1.165) is 41.2 Å². The molecule has 0 aliphatic rings. The highest BCUT2D eigenvalue weighted by Crippen LogP contribution is 2.40. The number of rotatable bonds is 8. The summed E-state index contributed by atoms with van der Waals surface area (Å²) in [6.07, 6.45) is 0. The number of nitrogens with one attached hydrogen (secondary N) is 1. The van der Waals surface area contributed by atoms with E-state index < -0.39 is 5.41 Å². The van der Waals surface area contributed by atoms with Gasteiger partial charge in [-0.2, -0.15) is 0 Å². The Kier molecular flexibility index (Phi) is 6.89. The van der Waals surface area contributed by atoms with Crippen LogP contribution in [0.4, 0.5) is 11.4 Å². The van der Waals surface area contributed by atoms with Gasteiger partial charge >= 0.3 is 0 Å². The van der Waals surface area contributed by atoms with Crippen molar-refractivity contribution in [1.29, 1.82) is 0 Å². The first-order chi connectivity index (χ1) is 16.2. The number of carbonyl (C=O) groups is 1. The molecule has 0 aromatic heterocycles. The molecule has 0 atom stereocenters. The summed E-state index contributed by atoms with van der Waals surface area (Å²) in [6, 6.07) is 38.2. The molecule has 4 aromatic rings. The molecule has 0 unspecified atom stereocenters. The zero-order valence-corrected chi connectivity index (χ0v) is 19.2. The van der Waals surface area contributed by atoms with Crippen LogP contribution >= 0.6 is 0 Å². The van der Waals surface area contributed by atoms with Gasteiger partial charge in [0, 0.05) is 24.5 Å². The van der Waals surface area contributed by atoms with E-state index in [2.05, 4.69) is 36.2 Å². The molecular weight excluding hydrogens is 404 g/mol. The maximum atomic E-state index is 14.2. The van der Waals surface area contributed by atoms with Crippen molar-refractivity contribution in [3.8, 4) is 0 Å². The van der Waals surface area contributed by atoms with Gasteiger partial charge in [0.2, 0.25) is 5.91 Å². The third-order valence-corrected chi connectivity index (χ3v) is 6.21. The highest BCUT2D eigenvalue weighted by Gasteiger charge is 2.43. The molecule has 0 saturated carbocycles. The van der Waals surface area contributed by atoms with E-state index in [1.807, 2.05) is 103 Å². The minimum absolute atomic E-state index is 0.0818. The molecule has 166 valence electrons. The van der Waals surface area contributed by atoms with Gasteiger partial charge in [-0.3, -0.25) is 4.79 Å². The zero-order valence-electron chi connectivity index (χ0n) is 19.2. The van der Waals surface area contributed by atoms with Crippen molar-refractivity contribution < 1.29 is 4.79 Å². The summed E-state index contributed by atoms with van der Waals surface area (Å²) in [5.74, 6) is -0.0818. The largest absolute Gasteiger partial charge is 0.372 e. The number of hydrogen-bond acceptors (Lipinski definition) is 2. The van der Waals surface area contributed by atoms with Gasteiger partial charge in [-0.05, 0) is 54.8 Å². The molecular formula is C30H30N2O.